The molecular weight excluding hydrogens is 328 g/mol. The lowest BCUT2D eigenvalue weighted by Crippen LogP contribution is -2.28. The number of aliphatic hydroxyl groups excluding tert-OH is 1. The second kappa shape index (κ2) is 6.14. The largest absolute Gasteiger partial charge is 0.454 e. The van der Waals surface area contributed by atoms with Crippen molar-refractivity contribution < 1.29 is 9.52 Å². The topological polar surface area (TPSA) is 75.6 Å². The van der Waals surface area contributed by atoms with E-state index in [0.717, 1.165) is 59.6 Å². The number of anilines is 1. The van der Waals surface area contributed by atoms with Crippen LogP contribution in [0.25, 0.3) is 28.1 Å². The van der Waals surface area contributed by atoms with Crippen LogP contribution < -0.4 is 5.32 Å². The number of fused-ring (bicyclic) bond motifs is 2. The van der Waals surface area contributed by atoms with Crippen molar-refractivity contribution in [2.45, 2.75) is 37.8 Å². The van der Waals surface area contributed by atoms with E-state index in [9.17, 15) is 5.11 Å². The van der Waals surface area contributed by atoms with E-state index >= 15 is 0 Å². The van der Waals surface area contributed by atoms with Gasteiger partial charge >= 0.3 is 0 Å². The van der Waals surface area contributed by atoms with Gasteiger partial charge < -0.3 is 19.2 Å². The lowest BCUT2D eigenvalue weighted by Gasteiger charge is -2.26. The number of aromatic nitrogens is 3. The third kappa shape index (κ3) is 2.72. The standard InChI is InChI=1S/C20H20N4O2/c25-15-7-5-14(6-8-15)22-19-20-21-9-10-24(20)12-16(23-19)18-11-13-3-1-2-4-17(13)26-18/h1-4,9-12,14-15,25H,5-8H2,(H,22,23). The molecule has 1 aliphatic rings. The van der Waals surface area contributed by atoms with Crippen LogP contribution in [0.15, 0.2) is 53.3 Å². The van der Waals surface area contributed by atoms with Crippen LogP contribution in [0.4, 0.5) is 5.82 Å². The van der Waals surface area contributed by atoms with E-state index in [1.165, 1.54) is 0 Å². The van der Waals surface area contributed by atoms with Gasteiger partial charge in [0.2, 0.25) is 0 Å². The Morgan fingerprint density at radius 1 is 1.15 bits per heavy atom. The molecule has 6 nitrogen and oxygen atoms in total. The first-order valence-electron chi connectivity index (χ1n) is 9.03. The van der Waals surface area contributed by atoms with Gasteiger partial charge in [-0.3, -0.25) is 0 Å². The average molecular weight is 348 g/mol. The summed E-state index contributed by atoms with van der Waals surface area (Å²) in [5.41, 5.74) is 2.42. The van der Waals surface area contributed by atoms with E-state index in [1.54, 1.807) is 6.20 Å². The molecule has 5 rings (SSSR count). The van der Waals surface area contributed by atoms with Crippen molar-refractivity contribution in [2.75, 3.05) is 5.32 Å². The summed E-state index contributed by atoms with van der Waals surface area (Å²) in [5, 5.41) is 14.3. The van der Waals surface area contributed by atoms with Crippen molar-refractivity contribution in [1.29, 1.82) is 0 Å². The number of nitrogens with one attached hydrogen (secondary N) is 1. The molecule has 132 valence electrons. The van der Waals surface area contributed by atoms with Crippen LogP contribution in [-0.2, 0) is 0 Å². The highest BCUT2D eigenvalue weighted by Gasteiger charge is 2.21. The summed E-state index contributed by atoms with van der Waals surface area (Å²) in [4.78, 5) is 9.24. The number of benzene rings is 1. The van der Waals surface area contributed by atoms with Crippen LogP contribution in [0.5, 0.6) is 0 Å². The van der Waals surface area contributed by atoms with E-state index < -0.39 is 0 Å². The maximum absolute atomic E-state index is 9.72. The number of imidazole rings is 1. The monoisotopic (exact) mass is 348 g/mol. The normalized spacial score (nSPS) is 20.7. The number of hydrogen-bond acceptors (Lipinski definition) is 5. The Kier molecular flexibility index (Phi) is 3.64. The molecule has 0 atom stereocenters. The average Bonchev–Trinajstić information content (AvgIpc) is 3.30. The van der Waals surface area contributed by atoms with Gasteiger partial charge in [-0.05, 0) is 37.8 Å². The highest BCUT2D eigenvalue weighted by atomic mass is 16.3. The summed E-state index contributed by atoms with van der Waals surface area (Å²) in [6.07, 6.45) is 8.98. The van der Waals surface area contributed by atoms with E-state index in [2.05, 4.69) is 10.3 Å². The fourth-order valence-electron chi connectivity index (χ4n) is 3.67. The van der Waals surface area contributed by atoms with Crippen LogP contribution in [0.1, 0.15) is 25.7 Å². The van der Waals surface area contributed by atoms with Crippen molar-refractivity contribution in [3.63, 3.8) is 0 Å². The molecular formula is C20H20N4O2. The maximum atomic E-state index is 9.72. The number of hydrogen-bond donors (Lipinski definition) is 2. The molecule has 0 radical (unpaired) electrons. The Hall–Kier alpha value is -2.86. The molecule has 4 aromatic rings. The van der Waals surface area contributed by atoms with E-state index in [1.807, 2.05) is 47.1 Å². The first kappa shape index (κ1) is 15.4. The number of nitrogens with zero attached hydrogens (tertiary/aromatic N) is 3. The third-order valence-electron chi connectivity index (χ3n) is 5.09. The molecule has 6 heteroatoms. The molecule has 1 aliphatic carbocycles. The molecule has 1 fully saturated rings. The Labute approximate surface area is 150 Å². The second-order valence-electron chi connectivity index (χ2n) is 6.93. The highest BCUT2D eigenvalue weighted by molar-refractivity contribution is 5.82. The minimum absolute atomic E-state index is 0.172. The molecule has 3 aromatic heterocycles. The molecule has 0 amide bonds. The van der Waals surface area contributed by atoms with Gasteiger partial charge in [-0.2, -0.15) is 0 Å². The molecule has 1 saturated carbocycles. The van der Waals surface area contributed by atoms with Gasteiger partial charge in [-0.15, -0.1) is 0 Å². The van der Waals surface area contributed by atoms with Gasteiger partial charge in [0.15, 0.2) is 17.2 Å². The van der Waals surface area contributed by atoms with Gasteiger partial charge in [0.05, 0.1) is 6.10 Å². The first-order chi connectivity index (χ1) is 12.8. The maximum Gasteiger partial charge on any atom is 0.180 e. The lowest BCUT2D eigenvalue weighted by atomic mass is 9.93. The van der Waals surface area contributed by atoms with Crippen molar-refractivity contribution in [3.05, 3.63) is 48.9 Å². The first-order valence-corrected chi connectivity index (χ1v) is 9.03. The predicted octanol–water partition coefficient (Wildman–Crippen LogP) is 3.86. The fraction of sp³-hybridized carbons (Fsp3) is 0.300. The van der Waals surface area contributed by atoms with Crippen molar-refractivity contribution >= 4 is 22.4 Å². The number of aliphatic hydroxyl groups is 1. The molecule has 1 aromatic carbocycles. The molecule has 0 saturated heterocycles. The summed E-state index contributed by atoms with van der Waals surface area (Å²) < 4.78 is 7.95. The smallest absolute Gasteiger partial charge is 0.180 e. The van der Waals surface area contributed by atoms with Crippen LogP contribution in [0.3, 0.4) is 0 Å². The summed E-state index contributed by atoms with van der Waals surface area (Å²) in [6.45, 7) is 0. The van der Waals surface area contributed by atoms with Crippen LogP contribution >= 0.6 is 0 Å². The molecule has 26 heavy (non-hydrogen) atoms. The molecule has 3 heterocycles. The van der Waals surface area contributed by atoms with E-state index in [4.69, 9.17) is 9.40 Å². The molecule has 2 N–H and O–H groups in total. The summed E-state index contributed by atoms with van der Waals surface area (Å²) in [6, 6.07) is 10.3. The number of rotatable bonds is 3. The second-order valence-corrected chi connectivity index (χ2v) is 6.93. The van der Waals surface area contributed by atoms with Gasteiger partial charge in [-0.25, -0.2) is 9.97 Å². The summed E-state index contributed by atoms with van der Waals surface area (Å²) in [7, 11) is 0. The predicted molar refractivity (Wildman–Crippen MR) is 100 cm³/mol. The zero-order chi connectivity index (χ0) is 17.5. The van der Waals surface area contributed by atoms with Crippen molar-refractivity contribution in [1.82, 2.24) is 14.4 Å². The number of para-hydroxylation sites is 1. The zero-order valence-electron chi connectivity index (χ0n) is 14.3. The van der Waals surface area contributed by atoms with Crippen molar-refractivity contribution in [3.8, 4) is 11.5 Å². The Bertz CT molecular complexity index is 1030. The van der Waals surface area contributed by atoms with Gasteiger partial charge in [0, 0.05) is 30.0 Å². The lowest BCUT2D eigenvalue weighted by molar-refractivity contribution is 0.126. The van der Waals surface area contributed by atoms with Crippen LogP contribution in [0, 0.1) is 0 Å². The quantitative estimate of drug-likeness (QED) is 0.588. The van der Waals surface area contributed by atoms with Gasteiger partial charge in [0.25, 0.3) is 0 Å². The summed E-state index contributed by atoms with van der Waals surface area (Å²) in [5.74, 6) is 1.50. The molecule has 0 unspecified atom stereocenters. The minimum atomic E-state index is -0.172. The Morgan fingerprint density at radius 3 is 2.85 bits per heavy atom. The fourth-order valence-corrected chi connectivity index (χ4v) is 3.67. The Balaban J connectivity index is 1.54. The molecule has 0 aliphatic heterocycles. The minimum Gasteiger partial charge on any atom is -0.454 e. The summed E-state index contributed by atoms with van der Waals surface area (Å²) >= 11 is 0. The SMILES string of the molecule is OC1CCC(Nc2nc(-c3cc4ccccc4o3)cn3ccnc23)CC1. The zero-order valence-corrected chi connectivity index (χ0v) is 14.3. The van der Waals surface area contributed by atoms with Gasteiger partial charge in [-0.1, -0.05) is 18.2 Å². The van der Waals surface area contributed by atoms with Gasteiger partial charge in [0.1, 0.15) is 11.3 Å². The van der Waals surface area contributed by atoms with E-state index in [0.29, 0.717) is 6.04 Å². The van der Waals surface area contributed by atoms with Crippen LogP contribution in [-0.4, -0.2) is 31.6 Å². The molecule has 0 bridgehead atoms. The Morgan fingerprint density at radius 2 is 2.00 bits per heavy atom. The van der Waals surface area contributed by atoms with Crippen molar-refractivity contribution in [2.24, 2.45) is 0 Å². The highest BCUT2D eigenvalue weighted by Crippen LogP contribution is 2.29. The molecule has 0 spiro atoms. The number of furan rings is 1. The van der Waals surface area contributed by atoms with Crippen LogP contribution in [0.2, 0.25) is 0 Å². The van der Waals surface area contributed by atoms with E-state index in [-0.39, 0.29) is 6.10 Å². The third-order valence-corrected chi connectivity index (χ3v) is 5.09.